The first-order valence-corrected chi connectivity index (χ1v) is 7.47. The molecule has 0 saturated carbocycles. The fraction of sp³-hybridized carbons (Fsp3) is 0.417. The Bertz CT molecular complexity index is 610. The Labute approximate surface area is 132 Å². The summed E-state index contributed by atoms with van der Waals surface area (Å²) in [6.45, 7) is 1.47. The molecule has 1 aromatic rings. The summed E-state index contributed by atoms with van der Waals surface area (Å²) in [7, 11) is 0. The number of thioether (sulfide) groups is 1. The molecule has 0 saturated heterocycles. The molecule has 1 unspecified atom stereocenters. The number of fused-ring (bicyclic) bond motifs is 1. The molecule has 0 fully saturated rings. The highest BCUT2D eigenvalue weighted by Crippen LogP contribution is 2.45. The predicted molar refractivity (Wildman–Crippen MR) is 76.0 cm³/mol. The highest BCUT2D eigenvalue weighted by atomic mass is 35.5. The number of carbonyl (C=O) groups excluding carboxylic acids is 1. The lowest BCUT2D eigenvalue weighted by atomic mass is 10.1. The number of nitrogens with one attached hydrogen (secondary N) is 2. The van der Waals surface area contributed by atoms with Crippen molar-refractivity contribution in [3.05, 3.63) is 22.2 Å². The number of alkyl halides is 3. The van der Waals surface area contributed by atoms with Gasteiger partial charge in [-0.2, -0.15) is 13.2 Å². The van der Waals surface area contributed by atoms with Crippen LogP contribution in [-0.4, -0.2) is 34.3 Å². The first-order chi connectivity index (χ1) is 10.1. The summed E-state index contributed by atoms with van der Waals surface area (Å²) in [6.07, 6.45) is -6.95. The van der Waals surface area contributed by atoms with Crippen LogP contribution in [0.5, 0.6) is 0 Å². The van der Waals surface area contributed by atoms with Gasteiger partial charge in [0.25, 0.3) is 5.91 Å². The normalized spacial score (nSPS) is 19.2. The molecule has 122 valence electrons. The van der Waals surface area contributed by atoms with Gasteiger partial charge in [-0.15, -0.1) is 11.8 Å². The van der Waals surface area contributed by atoms with Crippen LogP contribution in [0.3, 0.4) is 0 Å². The fourth-order valence-electron chi connectivity index (χ4n) is 1.88. The van der Waals surface area contributed by atoms with E-state index in [1.807, 2.05) is 0 Å². The largest absolute Gasteiger partial charge is 0.417 e. The van der Waals surface area contributed by atoms with Gasteiger partial charge in [0.1, 0.15) is 0 Å². The average Bonchev–Trinajstić information content (AvgIpc) is 2.35. The number of amides is 1. The summed E-state index contributed by atoms with van der Waals surface area (Å²) in [5, 5.41) is 22.7. The molecule has 0 radical (unpaired) electrons. The Morgan fingerprint density at radius 3 is 2.64 bits per heavy atom. The summed E-state index contributed by atoms with van der Waals surface area (Å²) in [5.74, 6) is -0.769. The Hall–Kier alpha value is -1.16. The third kappa shape index (κ3) is 3.43. The molecule has 1 aromatic carbocycles. The van der Waals surface area contributed by atoms with Gasteiger partial charge in [-0.25, -0.2) is 0 Å². The van der Waals surface area contributed by atoms with Crippen molar-refractivity contribution in [2.24, 2.45) is 0 Å². The van der Waals surface area contributed by atoms with E-state index in [1.165, 1.54) is 6.92 Å². The first-order valence-electron chi connectivity index (χ1n) is 6.11. The standard InChI is InChI=1S/C12H12ClF3N2O3S/c1-4(19)3-22-9-7(13)6(12(14,15)16)2-5-8(9)17-11(21)18-10(5)20/h2,4,11,17,19,21H,3H2,1H3,(H,18,20)/t4-,11?/m1/s1. The van der Waals surface area contributed by atoms with E-state index in [0.29, 0.717) is 6.07 Å². The summed E-state index contributed by atoms with van der Waals surface area (Å²) >= 11 is 6.70. The van der Waals surface area contributed by atoms with Crippen molar-refractivity contribution in [3.63, 3.8) is 0 Å². The van der Waals surface area contributed by atoms with Crippen molar-refractivity contribution in [2.75, 3.05) is 11.1 Å². The van der Waals surface area contributed by atoms with Gasteiger partial charge < -0.3 is 20.8 Å². The molecule has 1 aliphatic heterocycles. The number of carbonyl (C=O) groups is 1. The van der Waals surface area contributed by atoms with Gasteiger partial charge in [0, 0.05) is 5.75 Å². The second-order valence-electron chi connectivity index (χ2n) is 4.67. The molecule has 2 atom stereocenters. The minimum atomic E-state index is -4.73. The second-order valence-corrected chi connectivity index (χ2v) is 6.08. The van der Waals surface area contributed by atoms with E-state index >= 15 is 0 Å². The van der Waals surface area contributed by atoms with Crippen LogP contribution in [0.25, 0.3) is 0 Å². The van der Waals surface area contributed by atoms with Crippen LogP contribution in [0.15, 0.2) is 11.0 Å². The number of anilines is 1. The number of aliphatic hydroxyl groups is 2. The lowest BCUT2D eigenvalue weighted by Gasteiger charge is -2.28. The summed E-state index contributed by atoms with van der Waals surface area (Å²) in [5.41, 5.74) is -1.40. The molecule has 5 nitrogen and oxygen atoms in total. The first kappa shape index (κ1) is 17.2. The maximum atomic E-state index is 13.1. The fourth-order valence-corrected chi connectivity index (χ4v) is 3.25. The zero-order valence-electron chi connectivity index (χ0n) is 11.2. The van der Waals surface area contributed by atoms with Gasteiger partial charge in [0.15, 0.2) is 0 Å². The van der Waals surface area contributed by atoms with Crippen molar-refractivity contribution in [3.8, 4) is 0 Å². The van der Waals surface area contributed by atoms with Gasteiger partial charge >= 0.3 is 6.18 Å². The van der Waals surface area contributed by atoms with Gasteiger partial charge in [0.2, 0.25) is 6.35 Å². The molecular formula is C12H12ClF3N2O3S. The zero-order valence-corrected chi connectivity index (χ0v) is 12.7. The van der Waals surface area contributed by atoms with Gasteiger partial charge in [0.05, 0.1) is 32.8 Å². The lowest BCUT2D eigenvalue weighted by Crippen LogP contribution is -2.45. The Kier molecular flexibility index (Phi) is 4.81. The Morgan fingerprint density at radius 1 is 1.45 bits per heavy atom. The van der Waals surface area contributed by atoms with E-state index < -0.39 is 35.1 Å². The van der Waals surface area contributed by atoms with Crippen molar-refractivity contribution in [1.82, 2.24) is 5.32 Å². The third-order valence-electron chi connectivity index (χ3n) is 2.79. The maximum absolute atomic E-state index is 13.1. The van der Waals surface area contributed by atoms with Crippen LogP contribution in [0.2, 0.25) is 5.02 Å². The maximum Gasteiger partial charge on any atom is 0.417 e. The van der Waals surface area contributed by atoms with Crippen molar-refractivity contribution < 1.29 is 28.2 Å². The van der Waals surface area contributed by atoms with Crippen LogP contribution in [-0.2, 0) is 6.18 Å². The molecule has 10 heteroatoms. The van der Waals surface area contributed by atoms with Crippen molar-refractivity contribution in [1.29, 1.82) is 0 Å². The molecular weight excluding hydrogens is 345 g/mol. The highest BCUT2D eigenvalue weighted by Gasteiger charge is 2.38. The van der Waals surface area contributed by atoms with Gasteiger partial charge in [-0.1, -0.05) is 11.6 Å². The molecule has 1 heterocycles. The van der Waals surface area contributed by atoms with E-state index in [-0.39, 0.29) is 21.9 Å². The van der Waals surface area contributed by atoms with Crippen LogP contribution >= 0.6 is 23.4 Å². The topological polar surface area (TPSA) is 81.6 Å². The molecule has 0 bridgehead atoms. The van der Waals surface area contributed by atoms with Gasteiger partial charge in [-0.3, -0.25) is 4.79 Å². The molecule has 2 rings (SSSR count). The zero-order chi connectivity index (χ0) is 16.7. The van der Waals surface area contributed by atoms with Gasteiger partial charge in [-0.05, 0) is 13.0 Å². The molecule has 0 aliphatic carbocycles. The molecule has 0 aromatic heterocycles. The minimum Gasteiger partial charge on any atom is -0.393 e. The monoisotopic (exact) mass is 356 g/mol. The molecule has 1 amide bonds. The number of halogens is 4. The van der Waals surface area contributed by atoms with E-state index in [0.717, 1.165) is 11.8 Å². The second kappa shape index (κ2) is 6.15. The quantitative estimate of drug-likeness (QED) is 0.625. The van der Waals surface area contributed by atoms with Crippen LogP contribution in [0.1, 0.15) is 22.8 Å². The van der Waals surface area contributed by atoms with E-state index in [9.17, 15) is 28.2 Å². The molecule has 1 aliphatic rings. The highest BCUT2D eigenvalue weighted by molar-refractivity contribution is 7.99. The number of hydrogen-bond acceptors (Lipinski definition) is 5. The minimum absolute atomic E-state index is 0.0138. The van der Waals surface area contributed by atoms with E-state index in [4.69, 9.17) is 11.6 Å². The lowest BCUT2D eigenvalue weighted by molar-refractivity contribution is -0.137. The summed E-state index contributed by atoms with van der Waals surface area (Å²) in [4.78, 5) is 11.8. The average molecular weight is 357 g/mol. The van der Waals surface area contributed by atoms with Crippen LogP contribution in [0, 0.1) is 0 Å². The number of aliphatic hydroxyl groups excluding tert-OH is 2. The number of benzene rings is 1. The third-order valence-corrected chi connectivity index (χ3v) is 4.64. The smallest absolute Gasteiger partial charge is 0.393 e. The molecule has 4 N–H and O–H groups in total. The Morgan fingerprint density at radius 2 is 2.09 bits per heavy atom. The summed E-state index contributed by atoms with van der Waals surface area (Å²) < 4.78 is 39.2. The molecule has 0 spiro atoms. The van der Waals surface area contributed by atoms with Crippen LogP contribution in [0.4, 0.5) is 18.9 Å². The van der Waals surface area contributed by atoms with Crippen molar-refractivity contribution >= 4 is 35.0 Å². The summed E-state index contributed by atoms with van der Waals surface area (Å²) in [6, 6.07) is 0.637. The Balaban J connectivity index is 2.62. The van der Waals surface area contributed by atoms with E-state index in [1.54, 1.807) is 0 Å². The number of hydrogen-bond donors (Lipinski definition) is 4. The van der Waals surface area contributed by atoms with Crippen molar-refractivity contribution in [2.45, 2.75) is 30.5 Å². The molecule has 22 heavy (non-hydrogen) atoms. The SMILES string of the molecule is C[C@@H](O)CSc1c(Cl)c(C(F)(F)F)cc2c1NC(O)NC2=O. The van der Waals surface area contributed by atoms with Crippen LogP contribution < -0.4 is 10.6 Å². The van der Waals surface area contributed by atoms with E-state index in [2.05, 4.69) is 10.6 Å². The predicted octanol–water partition coefficient (Wildman–Crippen LogP) is 2.26. The number of rotatable bonds is 3.